The van der Waals surface area contributed by atoms with E-state index in [0.717, 1.165) is 5.56 Å². The van der Waals surface area contributed by atoms with Crippen molar-refractivity contribution in [3.63, 3.8) is 0 Å². The summed E-state index contributed by atoms with van der Waals surface area (Å²) < 4.78 is 23.4. The maximum absolute atomic E-state index is 12.9. The van der Waals surface area contributed by atoms with Crippen LogP contribution < -0.4 is 9.47 Å². The Balaban J connectivity index is 1.87. The van der Waals surface area contributed by atoms with Gasteiger partial charge in [0.2, 0.25) is 0 Å². The van der Waals surface area contributed by atoms with Crippen LogP contribution in [0, 0.1) is 5.82 Å². The molecule has 1 aliphatic rings. The van der Waals surface area contributed by atoms with Gasteiger partial charge in [-0.05, 0) is 29.3 Å². The van der Waals surface area contributed by atoms with Gasteiger partial charge in [0.25, 0.3) is 5.91 Å². The smallest absolute Gasteiger partial charge is 0.278 e. The van der Waals surface area contributed by atoms with Crippen molar-refractivity contribution in [1.29, 1.82) is 0 Å². The fourth-order valence-corrected chi connectivity index (χ4v) is 2.47. The molecule has 2 aromatic carbocycles. The van der Waals surface area contributed by atoms with Crippen LogP contribution in [0.4, 0.5) is 4.39 Å². The number of halogens is 1. The zero-order chi connectivity index (χ0) is 16.4. The lowest BCUT2D eigenvalue weighted by molar-refractivity contribution is 0.0781. The zero-order valence-electron chi connectivity index (χ0n) is 12.7. The lowest BCUT2D eigenvalue weighted by Crippen LogP contribution is -2.18. The number of hydrazone groups is 1. The van der Waals surface area contributed by atoms with Crippen LogP contribution in [0.25, 0.3) is 0 Å². The quantitative estimate of drug-likeness (QED) is 0.815. The number of carbonyl (C=O) groups is 1. The van der Waals surface area contributed by atoms with Crippen molar-refractivity contribution in [2.75, 3.05) is 14.2 Å². The predicted molar refractivity (Wildman–Crippen MR) is 83.4 cm³/mol. The predicted octanol–water partition coefficient (Wildman–Crippen LogP) is 2.83. The Morgan fingerprint density at radius 2 is 1.87 bits per heavy atom. The Morgan fingerprint density at radius 1 is 1.13 bits per heavy atom. The maximum Gasteiger partial charge on any atom is 0.278 e. The minimum atomic E-state index is -0.316. The highest BCUT2D eigenvalue weighted by molar-refractivity contribution is 6.02. The molecule has 1 amide bonds. The van der Waals surface area contributed by atoms with Gasteiger partial charge < -0.3 is 9.47 Å². The number of ether oxygens (including phenoxy) is 2. The molecule has 0 bridgehead atoms. The largest absolute Gasteiger partial charge is 0.493 e. The SMILES string of the molecule is COc1ccc2c(c1OC)C(=O)N(/N=C/c1ccc(F)cc1)C2. The Morgan fingerprint density at radius 3 is 2.52 bits per heavy atom. The monoisotopic (exact) mass is 314 g/mol. The molecule has 2 aromatic rings. The van der Waals surface area contributed by atoms with Crippen LogP contribution in [-0.2, 0) is 6.54 Å². The van der Waals surface area contributed by atoms with Gasteiger partial charge in [-0.1, -0.05) is 18.2 Å². The van der Waals surface area contributed by atoms with E-state index in [1.54, 1.807) is 18.2 Å². The van der Waals surface area contributed by atoms with Crippen molar-refractivity contribution in [2.45, 2.75) is 6.54 Å². The number of benzene rings is 2. The number of carbonyl (C=O) groups excluding carboxylic acids is 1. The Bertz CT molecular complexity index is 772. The molecule has 1 heterocycles. The lowest BCUT2D eigenvalue weighted by Gasteiger charge is -2.10. The van der Waals surface area contributed by atoms with Crippen molar-refractivity contribution in [1.82, 2.24) is 5.01 Å². The van der Waals surface area contributed by atoms with Gasteiger partial charge in [0.05, 0.1) is 32.5 Å². The van der Waals surface area contributed by atoms with Crippen molar-refractivity contribution < 1.29 is 18.7 Å². The molecule has 0 fully saturated rings. The van der Waals surface area contributed by atoms with Gasteiger partial charge in [-0.25, -0.2) is 9.40 Å². The van der Waals surface area contributed by atoms with Crippen LogP contribution in [0.5, 0.6) is 11.5 Å². The van der Waals surface area contributed by atoms with Gasteiger partial charge in [0.1, 0.15) is 5.82 Å². The number of hydrogen-bond donors (Lipinski definition) is 0. The van der Waals surface area contributed by atoms with Crippen LogP contribution in [-0.4, -0.2) is 31.4 Å². The summed E-state index contributed by atoms with van der Waals surface area (Å²) in [4.78, 5) is 12.5. The molecule has 0 saturated carbocycles. The summed E-state index contributed by atoms with van der Waals surface area (Å²) in [6.07, 6.45) is 1.52. The van der Waals surface area contributed by atoms with E-state index in [2.05, 4.69) is 5.10 Å². The van der Waals surface area contributed by atoms with Crippen LogP contribution in [0.15, 0.2) is 41.5 Å². The van der Waals surface area contributed by atoms with E-state index in [4.69, 9.17) is 9.47 Å². The van der Waals surface area contributed by atoms with Gasteiger partial charge >= 0.3 is 0 Å². The lowest BCUT2D eigenvalue weighted by atomic mass is 10.1. The summed E-state index contributed by atoms with van der Waals surface area (Å²) in [5.74, 6) is 0.344. The molecule has 5 nitrogen and oxygen atoms in total. The average Bonchev–Trinajstić information content (AvgIpc) is 2.90. The molecule has 0 aliphatic carbocycles. The summed E-state index contributed by atoms with van der Waals surface area (Å²) in [6.45, 7) is 0.353. The second-order valence-corrected chi connectivity index (χ2v) is 4.99. The summed E-state index contributed by atoms with van der Waals surface area (Å²) in [6, 6.07) is 9.46. The minimum absolute atomic E-state index is 0.255. The van der Waals surface area contributed by atoms with E-state index in [1.165, 1.54) is 37.6 Å². The first-order valence-corrected chi connectivity index (χ1v) is 6.99. The summed E-state index contributed by atoms with van der Waals surface area (Å²) in [7, 11) is 3.02. The van der Waals surface area contributed by atoms with E-state index in [1.807, 2.05) is 6.07 Å². The second-order valence-electron chi connectivity index (χ2n) is 4.99. The van der Waals surface area contributed by atoms with Crippen LogP contribution in [0.3, 0.4) is 0 Å². The molecule has 0 atom stereocenters. The first-order valence-electron chi connectivity index (χ1n) is 6.99. The van der Waals surface area contributed by atoms with Crippen molar-refractivity contribution in [2.24, 2.45) is 5.10 Å². The van der Waals surface area contributed by atoms with E-state index in [9.17, 15) is 9.18 Å². The molecule has 1 aliphatic heterocycles. The van der Waals surface area contributed by atoms with E-state index in [-0.39, 0.29) is 11.7 Å². The summed E-state index contributed by atoms with van der Waals surface area (Å²) in [5, 5.41) is 5.53. The average molecular weight is 314 g/mol. The fourth-order valence-electron chi connectivity index (χ4n) is 2.47. The normalized spacial score (nSPS) is 13.5. The Labute approximate surface area is 132 Å². The van der Waals surface area contributed by atoms with E-state index in [0.29, 0.717) is 29.2 Å². The summed E-state index contributed by atoms with van der Waals surface area (Å²) >= 11 is 0. The van der Waals surface area contributed by atoms with E-state index >= 15 is 0 Å². The highest BCUT2D eigenvalue weighted by atomic mass is 19.1. The molecular formula is C17H15FN2O3. The molecular weight excluding hydrogens is 299 g/mol. The Hall–Kier alpha value is -2.89. The third-order valence-electron chi connectivity index (χ3n) is 3.62. The number of rotatable bonds is 4. The maximum atomic E-state index is 12.9. The van der Waals surface area contributed by atoms with Crippen LogP contribution >= 0.6 is 0 Å². The number of nitrogens with zero attached hydrogens (tertiary/aromatic N) is 2. The highest BCUT2D eigenvalue weighted by Gasteiger charge is 2.32. The van der Waals surface area contributed by atoms with Crippen molar-refractivity contribution in [3.8, 4) is 11.5 Å². The van der Waals surface area contributed by atoms with Gasteiger partial charge in [-0.3, -0.25) is 4.79 Å². The molecule has 0 radical (unpaired) electrons. The third-order valence-corrected chi connectivity index (χ3v) is 3.62. The standard InChI is InChI=1S/C17H15FN2O3/c1-22-14-8-5-12-10-20(17(21)15(12)16(14)23-2)19-9-11-3-6-13(18)7-4-11/h3-9H,10H2,1-2H3/b19-9+. The third kappa shape index (κ3) is 2.75. The molecule has 0 spiro atoms. The molecule has 3 rings (SSSR count). The van der Waals surface area contributed by atoms with Crippen molar-refractivity contribution in [3.05, 3.63) is 58.9 Å². The number of hydrogen-bond acceptors (Lipinski definition) is 4. The Kier molecular flexibility index (Phi) is 3.97. The van der Waals surface area contributed by atoms with E-state index < -0.39 is 0 Å². The molecule has 0 saturated heterocycles. The first kappa shape index (κ1) is 15.0. The van der Waals surface area contributed by atoms with Gasteiger partial charge in [-0.2, -0.15) is 5.10 Å². The second kappa shape index (κ2) is 6.08. The molecule has 118 valence electrons. The van der Waals surface area contributed by atoms with Gasteiger partial charge in [0.15, 0.2) is 11.5 Å². The number of amides is 1. The van der Waals surface area contributed by atoms with Crippen LogP contribution in [0.2, 0.25) is 0 Å². The molecule has 0 N–H and O–H groups in total. The first-order chi connectivity index (χ1) is 11.1. The van der Waals surface area contributed by atoms with Gasteiger partial charge in [-0.15, -0.1) is 0 Å². The minimum Gasteiger partial charge on any atom is -0.493 e. The fraction of sp³-hybridized carbons (Fsp3) is 0.176. The molecule has 23 heavy (non-hydrogen) atoms. The molecule has 6 heteroatoms. The number of methoxy groups -OCH3 is 2. The van der Waals surface area contributed by atoms with Gasteiger partial charge in [0, 0.05) is 0 Å². The topological polar surface area (TPSA) is 51.1 Å². The van der Waals surface area contributed by atoms with Crippen molar-refractivity contribution >= 4 is 12.1 Å². The number of fused-ring (bicyclic) bond motifs is 1. The van der Waals surface area contributed by atoms with Crippen LogP contribution in [0.1, 0.15) is 21.5 Å². The molecule has 0 unspecified atom stereocenters. The summed E-state index contributed by atoms with van der Waals surface area (Å²) in [5.41, 5.74) is 1.99. The molecule has 0 aromatic heterocycles. The highest BCUT2D eigenvalue weighted by Crippen LogP contribution is 2.38. The zero-order valence-corrected chi connectivity index (χ0v) is 12.7.